The Kier molecular flexibility index (Phi) is 3.09. The molecule has 0 aliphatic rings. The summed E-state index contributed by atoms with van der Waals surface area (Å²) in [5, 5.41) is 0.153. The van der Waals surface area contributed by atoms with Gasteiger partial charge in [0.25, 0.3) is 0 Å². The lowest BCUT2D eigenvalue weighted by atomic mass is 10.2. The van der Waals surface area contributed by atoms with Crippen molar-refractivity contribution in [3.05, 3.63) is 6.92 Å². The maximum absolute atomic E-state index is 9.95. The number of rotatable bonds is 2. The minimum atomic E-state index is 0.153. The zero-order valence-corrected chi connectivity index (χ0v) is 5.49. The monoisotopic (exact) mass is 118 g/mol. The molecule has 0 amide bonds. The molecule has 2 heteroatoms. The van der Waals surface area contributed by atoms with Crippen molar-refractivity contribution < 1.29 is 4.21 Å². The van der Waals surface area contributed by atoms with Crippen molar-refractivity contribution >= 4 is 11.7 Å². The Bertz CT molecular complexity index is 61.1. The maximum Gasteiger partial charge on any atom is 0.462 e. The van der Waals surface area contributed by atoms with Crippen molar-refractivity contribution in [3.63, 3.8) is 0 Å². The third-order valence-corrected chi connectivity index (χ3v) is 1.72. The zero-order valence-electron chi connectivity index (χ0n) is 4.68. The SMILES string of the molecule is [CH2]C(C)C(C)[S+]=O. The van der Waals surface area contributed by atoms with E-state index in [0.717, 1.165) is 0 Å². The average molecular weight is 118 g/mol. The van der Waals surface area contributed by atoms with Crippen molar-refractivity contribution in [2.75, 3.05) is 0 Å². The fourth-order valence-electron chi connectivity index (χ4n) is 0.0948. The highest BCUT2D eigenvalue weighted by molar-refractivity contribution is 7.66. The molecule has 0 rings (SSSR count). The van der Waals surface area contributed by atoms with Gasteiger partial charge in [-0.1, -0.05) is 6.92 Å². The van der Waals surface area contributed by atoms with Crippen LogP contribution in [0.15, 0.2) is 0 Å². The maximum atomic E-state index is 9.95. The first kappa shape index (κ1) is 7.02. The zero-order chi connectivity index (χ0) is 5.86. The molecule has 41 valence electrons. The van der Waals surface area contributed by atoms with Crippen LogP contribution >= 0.6 is 0 Å². The molecule has 0 aromatic rings. The van der Waals surface area contributed by atoms with Gasteiger partial charge in [0.2, 0.25) is 5.25 Å². The van der Waals surface area contributed by atoms with E-state index in [-0.39, 0.29) is 11.2 Å². The molecule has 0 saturated carbocycles. The van der Waals surface area contributed by atoms with Crippen LogP contribution in [0.4, 0.5) is 0 Å². The molecule has 0 bridgehead atoms. The predicted octanol–water partition coefficient (Wildman–Crippen LogP) is 1.27. The molecule has 7 heavy (non-hydrogen) atoms. The average Bonchev–Trinajstić information content (AvgIpc) is 1.65. The van der Waals surface area contributed by atoms with E-state index in [1.165, 1.54) is 0 Å². The van der Waals surface area contributed by atoms with Gasteiger partial charge in [-0.25, -0.2) is 0 Å². The molecular formula is C5H10OS+. The lowest BCUT2D eigenvalue weighted by Crippen LogP contribution is -2.07. The van der Waals surface area contributed by atoms with E-state index >= 15 is 0 Å². The van der Waals surface area contributed by atoms with Gasteiger partial charge in [0.1, 0.15) is 0 Å². The van der Waals surface area contributed by atoms with Crippen molar-refractivity contribution in [2.45, 2.75) is 19.1 Å². The van der Waals surface area contributed by atoms with E-state index in [9.17, 15) is 4.21 Å². The summed E-state index contributed by atoms with van der Waals surface area (Å²) in [5.74, 6) is 0.266. The lowest BCUT2D eigenvalue weighted by Gasteiger charge is -1.92. The predicted molar refractivity (Wildman–Crippen MR) is 32.0 cm³/mol. The summed E-state index contributed by atoms with van der Waals surface area (Å²) >= 11 is 0.620. The van der Waals surface area contributed by atoms with Gasteiger partial charge in [-0.3, -0.25) is 0 Å². The van der Waals surface area contributed by atoms with Crippen LogP contribution in [0.5, 0.6) is 0 Å². The van der Waals surface area contributed by atoms with Crippen LogP contribution in [0.2, 0.25) is 0 Å². The fourth-order valence-corrected chi connectivity index (χ4v) is 0.285. The first-order valence-electron chi connectivity index (χ1n) is 2.30. The summed E-state index contributed by atoms with van der Waals surface area (Å²) in [6.45, 7) is 7.51. The summed E-state index contributed by atoms with van der Waals surface area (Å²) < 4.78 is 9.95. The van der Waals surface area contributed by atoms with Crippen LogP contribution in [0.25, 0.3) is 0 Å². The Labute approximate surface area is 48.6 Å². The van der Waals surface area contributed by atoms with Crippen molar-refractivity contribution in [1.29, 1.82) is 0 Å². The second kappa shape index (κ2) is 3.08. The molecule has 2 atom stereocenters. The molecule has 0 aliphatic heterocycles. The Morgan fingerprint density at radius 2 is 2.00 bits per heavy atom. The Morgan fingerprint density at radius 1 is 1.57 bits per heavy atom. The van der Waals surface area contributed by atoms with Gasteiger partial charge in [-0.05, 0) is 13.8 Å². The van der Waals surface area contributed by atoms with Crippen LogP contribution in [-0.2, 0) is 15.9 Å². The van der Waals surface area contributed by atoms with Crippen LogP contribution in [0.3, 0.4) is 0 Å². The number of hydrogen-bond donors (Lipinski definition) is 0. The first-order valence-corrected chi connectivity index (χ1v) is 3.10. The second-order valence-corrected chi connectivity index (χ2v) is 2.71. The molecule has 0 aromatic heterocycles. The number of hydrogen-bond acceptors (Lipinski definition) is 1. The van der Waals surface area contributed by atoms with Crippen LogP contribution in [-0.4, -0.2) is 5.25 Å². The normalized spacial score (nSPS) is 14.3. The summed E-state index contributed by atoms with van der Waals surface area (Å²) in [6.07, 6.45) is 0. The Hall–Kier alpha value is 0.0200. The van der Waals surface area contributed by atoms with Gasteiger partial charge in [-0.15, -0.1) is 0 Å². The molecule has 0 fully saturated rings. The van der Waals surface area contributed by atoms with E-state index in [4.69, 9.17) is 0 Å². The van der Waals surface area contributed by atoms with E-state index in [2.05, 4.69) is 6.92 Å². The second-order valence-electron chi connectivity index (χ2n) is 1.78. The van der Waals surface area contributed by atoms with Gasteiger partial charge in [0, 0.05) is 10.1 Å². The third-order valence-electron chi connectivity index (χ3n) is 0.953. The molecule has 0 saturated heterocycles. The molecule has 0 spiro atoms. The Balaban J connectivity index is 3.33. The van der Waals surface area contributed by atoms with Crippen LogP contribution in [0, 0.1) is 12.8 Å². The summed E-state index contributed by atoms with van der Waals surface area (Å²) in [6, 6.07) is 0. The van der Waals surface area contributed by atoms with Gasteiger partial charge < -0.3 is 0 Å². The van der Waals surface area contributed by atoms with Gasteiger partial charge >= 0.3 is 11.7 Å². The topological polar surface area (TPSA) is 17.1 Å². The standard InChI is InChI=1S/C5H10OS/c1-4(2)5(3)7-6/h4-5H,1H2,2-3H3/q+1. The molecule has 0 heterocycles. The minimum Gasteiger partial charge on any atom is -0.0570 e. The van der Waals surface area contributed by atoms with Crippen molar-refractivity contribution in [1.82, 2.24) is 0 Å². The molecule has 0 aliphatic carbocycles. The van der Waals surface area contributed by atoms with Crippen molar-refractivity contribution in [2.24, 2.45) is 5.92 Å². The molecule has 1 nitrogen and oxygen atoms in total. The highest BCUT2D eigenvalue weighted by atomic mass is 32.1. The summed E-state index contributed by atoms with van der Waals surface area (Å²) in [4.78, 5) is 0. The lowest BCUT2D eigenvalue weighted by molar-refractivity contribution is 0.587. The summed E-state index contributed by atoms with van der Waals surface area (Å²) in [5.41, 5.74) is 0. The Morgan fingerprint density at radius 3 is 2.00 bits per heavy atom. The van der Waals surface area contributed by atoms with Gasteiger partial charge in [0.15, 0.2) is 0 Å². The molecule has 2 unspecified atom stereocenters. The molecule has 1 radical (unpaired) electrons. The van der Waals surface area contributed by atoms with Crippen molar-refractivity contribution in [3.8, 4) is 0 Å². The highest BCUT2D eigenvalue weighted by Gasteiger charge is 2.17. The van der Waals surface area contributed by atoms with E-state index in [0.29, 0.717) is 11.7 Å². The first-order chi connectivity index (χ1) is 3.18. The largest absolute Gasteiger partial charge is 0.462 e. The van der Waals surface area contributed by atoms with E-state index in [1.807, 2.05) is 13.8 Å². The molecular weight excluding hydrogens is 108 g/mol. The molecule has 0 N–H and O–H groups in total. The van der Waals surface area contributed by atoms with E-state index < -0.39 is 0 Å². The van der Waals surface area contributed by atoms with Gasteiger partial charge in [0.05, 0.1) is 0 Å². The summed E-state index contributed by atoms with van der Waals surface area (Å²) in [7, 11) is 0. The van der Waals surface area contributed by atoms with E-state index in [1.54, 1.807) is 0 Å². The fraction of sp³-hybridized carbons (Fsp3) is 0.800. The molecule has 0 aromatic carbocycles. The highest BCUT2D eigenvalue weighted by Crippen LogP contribution is 1.99. The van der Waals surface area contributed by atoms with Crippen LogP contribution in [0.1, 0.15) is 13.8 Å². The quantitative estimate of drug-likeness (QED) is 0.499. The van der Waals surface area contributed by atoms with Gasteiger partial charge in [-0.2, -0.15) is 0 Å². The third kappa shape index (κ3) is 2.68. The van der Waals surface area contributed by atoms with Crippen LogP contribution < -0.4 is 0 Å². The smallest absolute Gasteiger partial charge is 0.0570 e. The minimum absolute atomic E-state index is 0.153.